The Morgan fingerprint density at radius 1 is 0.966 bits per heavy atom. The van der Waals surface area contributed by atoms with Crippen LogP contribution in [0.1, 0.15) is 10.4 Å². The van der Waals surface area contributed by atoms with E-state index in [4.69, 9.17) is 31.2 Å². The molecule has 29 heavy (non-hydrogen) atoms. The number of thiocarbonyl (C=S) groups is 1. The topological polar surface area (TPSA) is 90.9 Å². The van der Waals surface area contributed by atoms with Crippen molar-refractivity contribution < 1.29 is 23.7 Å². The lowest BCUT2D eigenvalue weighted by Gasteiger charge is -2.10. The molecule has 0 unspecified atom stereocenters. The third kappa shape index (κ3) is 4.49. The van der Waals surface area contributed by atoms with E-state index in [9.17, 15) is 4.79 Å². The number of benzene rings is 2. The molecule has 0 saturated heterocycles. The van der Waals surface area contributed by atoms with E-state index in [-0.39, 0.29) is 11.0 Å². The summed E-state index contributed by atoms with van der Waals surface area (Å²) in [6.45, 7) is 0. The molecule has 0 aliphatic carbocycles. The molecule has 1 amide bonds. The Morgan fingerprint density at radius 2 is 1.69 bits per heavy atom. The molecule has 0 radical (unpaired) electrons. The van der Waals surface area contributed by atoms with E-state index in [1.807, 2.05) is 6.07 Å². The first-order chi connectivity index (χ1) is 14.0. The summed E-state index contributed by atoms with van der Waals surface area (Å²) in [6, 6.07) is 8.45. The Kier molecular flexibility index (Phi) is 6.35. The molecule has 0 aliphatic rings. The maximum absolute atomic E-state index is 12.5. The monoisotopic (exact) mass is 433 g/mol. The first kappa shape index (κ1) is 20.6. The summed E-state index contributed by atoms with van der Waals surface area (Å²) < 4.78 is 21.9. The minimum Gasteiger partial charge on any atom is -0.497 e. The summed E-state index contributed by atoms with van der Waals surface area (Å²) in [7, 11) is 6.18. The second-order valence-corrected chi connectivity index (χ2v) is 7.11. The zero-order valence-electron chi connectivity index (χ0n) is 16.2. The fourth-order valence-electron chi connectivity index (χ4n) is 2.58. The van der Waals surface area contributed by atoms with Gasteiger partial charge in [-0.25, -0.2) is 4.98 Å². The van der Waals surface area contributed by atoms with Crippen molar-refractivity contribution in [3.8, 4) is 23.0 Å². The summed E-state index contributed by atoms with van der Waals surface area (Å²) >= 11 is 6.61. The molecule has 3 rings (SSSR count). The zero-order chi connectivity index (χ0) is 21.0. The minimum absolute atomic E-state index is 0.120. The van der Waals surface area contributed by atoms with Crippen LogP contribution in [-0.4, -0.2) is 44.4 Å². The summed E-state index contributed by atoms with van der Waals surface area (Å²) in [5, 5.41) is 6.19. The van der Waals surface area contributed by atoms with Gasteiger partial charge in [0.1, 0.15) is 17.0 Å². The van der Waals surface area contributed by atoms with Crippen LogP contribution in [0.25, 0.3) is 10.2 Å². The third-order valence-electron chi connectivity index (χ3n) is 3.98. The lowest BCUT2D eigenvalue weighted by Crippen LogP contribution is -2.34. The van der Waals surface area contributed by atoms with Gasteiger partial charge in [0.05, 0.1) is 33.1 Å². The Balaban J connectivity index is 1.74. The SMILES string of the molecule is COc1cc(OC)c2nc(NC(=S)NC(=O)c3ccc(OC)c(OC)c3)sc2c1. The molecule has 0 spiro atoms. The van der Waals surface area contributed by atoms with Gasteiger partial charge in [-0.15, -0.1) is 0 Å². The van der Waals surface area contributed by atoms with Crippen LogP contribution in [0.2, 0.25) is 0 Å². The van der Waals surface area contributed by atoms with Gasteiger partial charge in [-0.05, 0) is 36.5 Å². The van der Waals surface area contributed by atoms with E-state index in [0.717, 1.165) is 4.70 Å². The number of ether oxygens (including phenoxy) is 4. The van der Waals surface area contributed by atoms with E-state index >= 15 is 0 Å². The molecule has 152 valence electrons. The van der Waals surface area contributed by atoms with Gasteiger partial charge in [0.15, 0.2) is 21.7 Å². The average Bonchev–Trinajstić information content (AvgIpc) is 3.14. The molecule has 0 bridgehead atoms. The van der Waals surface area contributed by atoms with Crippen molar-refractivity contribution in [2.24, 2.45) is 0 Å². The Bertz CT molecular complexity index is 1070. The summed E-state index contributed by atoms with van der Waals surface area (Å²) in [4.78, 5) is 17.0. The first-order valence-electron chi connectivity index (χ1n) is 8.36. The smallest absolute Gasteiger partial charge is 0.257 e. The number of carbonyl (C=O) groups is 1. The lowest BCUT2D eigenvalue weighted by molar-refractivity contribution is 0.0977. The normalized spacial score (nSPS) is 10.3. The number of nitrogens with zero attached hydrogens (tertiary/aromatic N) is 1. The highest BCUT2D eigenvalue weighted by atomic mass is 32.1. The van der Waals surface area contributed by atoms with E-state index in [2.05, 4.69) is 15.6 Å². The molecule has 2 aromatic carbocycles. The number of nitrogens with one attached hydrogen (secondary N) is 2. The Labute approximate surface area is 176 Å². The lowest BCUT2D eigenvalue weighted by atomic mass is 10.2. The van der Waals surface area contributed by atoms with Crippen molar-refractivity contribution in [2.75, 3.05) is 33.8 Å². The number of amides is 1. The van der Waals surface area contributed by atoms with Crippen LogP contribution in [0.4, 0.5) is 5.13 Å². The van der Waals surface area contributed by atoms with Gasteiger partial charge in [-0.1, -0.05) is 11.3 Å². The summed E-state index contributed by atoms with van der Waals surface area (Å²) in [6.07, 6.45) is 0. The van der Waals surface area contributed by atoms with Crippen molar-refractivity contribution in [3.05, 3.63) is 35.9 Å². The number of anilines is 1. The van der Waals surface area contributed by atoms with E-state index in [1.165, 1.54) is 25.6 Å². The van der Waals surface area contributed by atoms with Gasteiger partial charge in [0.2, 0.25) is 0 Å². The van der Waals surface area contributed by atoms with Crippen LogP contribution in [-0.2, 0) is 0 Å². The molecule has 8 nitrogen and oxygen atoms in total. The fraction of sp³-hybridized carbons (Fsp3) is 0.211. The molecular formula is C19H19N3O5S2. The van der Waals surface area contributed by atoms with Crippen LogP contribution in [0.15, 0.2) is 30.3 Å². The molecule has 10 heteroatoms. The molecule has 1 heterocycles. The molecule has 0 atom stereocenters. The van der Waals surface area contributed by atoms with Crippen LogP contribution in [0.5, 0.6) is 23.0 Å². The number of hydrogen-bond donors (Lipinski definition) is 2. The highest BCUT2D eigenvalue weighted by molar-refractivity contribution is 7.80. The van der Waals surface area contributed by atoms with E-state index in [1.54, 1.807) is 38.5 Å². The van der Waals surface area contributed by atoms with Crippen molar-refractivity contribution >= 4 is 49.9 Å². The average molecular weight is 434 g/mol. The van der Waals surface area contributed by atoms with Gasteiger partial charge in [-0.2, -0.15) is 0 Å². The Morgan fingerprint density at radius 3 is 2.34 bits per heavy atom. The largest absolute Gasteiger partial charge is 0.497 e. The van der Waals surface area contributed by atoms with Gasteiger partial charge in [-0.3, -0.25) is 10.1 Å². The number of thiazole rings is 1. The number of methoxy groups -OCH3 is 4. The van der Waals surface area contributed by atoms with Crippen LogP contribution in [0.3, 0.4) is 0 Å². The minimum atomic E-state index is -0.385. The molecular weight excluding hydrogens is 414 g/mol. The predicted octanol–water partition coefficient (Wildman–Crippen LogP) is 3.46. The highest BCUT2D eigenvalue weighted by Gasteiger charge is 2.15. The number of hydrogen-bond acceptors (Lipinski definition) is 8. The van der Waals surface area contributed by atoms with E-state index in [0.29, 0.717) is 39.2 Å². The summed E-state index contributed by atoms with van der Waals surface area (Å²) in [5.74, 6) is 1.84. The van der Waals surface area contributed by atoms with Gasteiger partial charge >= 0.3 is 0 Å². The fourth-order valence-corrected chi connectivity index (χ4v) is 3.75. The molecule has 3 aromatic rings. The standard InChI is InChI=1S/C19H19N3O5S2/c1-24-11-8-14(27-4)16-15(9-11)29-19(20-16)22-18(28)21-17(23)10-5-6-12(25-2)13(7-10)26-3/h5-9H,1-4H3,(H2,20,21,22,23,28). The number of aromatic nitrogens is 1. The van der Waals surface area contributed by atoms with Gasteiger partial charge in [0, 0.05) is 11.6 Å². The number of rotatable bonds is 6. The Hall–Kier alpha value is -3.11. The highest BCUT2D eigenvalue weighted by Crippen LogP contribution is 2.36. The molecule has 0 fully saturated rings. The number of fused-ring (bicyclic) bond motifs is 1. The van der Waals surface area contributed by atoms with Crippen molar-refractivity contribution in [2.45, 2.75) is 0 Å². The second kappa shape index (κ2) is 8.93. The molecule has 1 aromatic heterocycles. The van der Waals surface area contributed by atoms with Crippen molar-refractivity contribution in [1.29, 1.82) is 0 Å². The number of carbonyl (C=O) groups excluding carboxylic acids is 1. The third-order valence-corrected chi connectivity index (χ3v) is 5.10. The summed E-state index contributed by atoms with van der Waals surface area (Å²) in [5.41, 5.74) is 1.05. The van der Waals surface area contributed by atoms with Crippen molar-refractivity contribution in [3.63, 3.8) is 0 Å². The van der Waals surface area contributed by atoms with E-state index < -0.39 is 0 Å². The van der Waals surface area contributed by atoms with Crippen LogP contribution < -0.4 is 29.6 Å². The molecule has 0 aliphatic heterocycles. The van der Waals surface area contributed by atoms with Gasteiger partial charge < -0.3 is 24.3 Å². The maximum atomic E-state index is 12.5. The second-order valence-electron chi connectivity index (χ2n) is 5.67. The predicted molar refractivity (Wildman–Crippen MR) is 116 cm³/mol. The molecule has 2 N–H and O–H groups in total. The maximum Gasteiger partial charge on any atom is 0.257 e. The quantitative estimate of drug-likeness (QED) is 0.571. The zero-order valence-corrected chi connectivity index (χ0v) is 17.8. The van der Waals surface area contributed by atoms with Crippen LogP contribution >= 0.6 is 23.6 Å². The van der Waals surface area contributed by atoms with Gasteiger partial charge in [0.25, 0.3) is 5.91 Å². The first-order valence-corrected chi connectivity index (χ1v) is 9.58. The molecule has 0 saturated carbocycles. The van der Waals surface area contributed by atoms with Crippen LogP contribution in [0, 0.1) is 0 Å². The van der Waals surface area contributed by atoms with Crippen molar-refractivity contribution in [1.82, 2.24) is 10.3 Å².